The number of amides is 1. The average molecular weight is 449 g/mol. The van der Waals surface area contributed by atoms with Crippen molar-refractivity contribution in [3.63, 3.8) is 0 Å². The first-order valence-corrected chi connectivity index (χ1v) is 10.5. The number of anilines is 2. The van der Waals surface area contributed by atoms with E-state index < -0.39 is 11.0 Å². The minimum Gasteiger partial charge on any atom is -0.347 e. The molecular formula is C24H24N4O3S. The Bertz CT molecular complexity index is 1120. The van der Waals surface area contributed by atoms with E-state index in [1.54, 1.807) is 18.2 Å². The molecular weight excluding hydrogens is 424 g/mol. The molecule has 1 unspecified atom stereocenters. The predicted octanol–water partition coefficient (Wildman–Crippen LogP) is 5.38. The number of hydrogen-bond acceptors (Lipinski definition) is 4. The van der Waals surface area contributed by atoms with Crippen LogP contribution in [0.5, 0.6) is 0 Å². The summed E-state index contributed by atoms with van der Waals surface area (Å²) in [5, 5.41) is 20.2. The second kappa shape index (κ2) is 10.5. The summed E-state index contributed by atoms with van der Waals surface area (Å²) in [7, 11) is 0. The molecule has 1 atom stereocenters. The monoisotopic (exact) mass is 448 g/mol. The van der Waals surface area contributed by atoms with Gasteiger partial charge in [0.15, 0.2) is 5.11 Å². The average Bonchev–Trinajstić information content (AvgIpc) is 2.78. The molecule has 0 radical (unpaired) electrons. The van der Waals surface area contributed by atoms with E-state index in [2.05, 4.69) is 29.8 Å². The Morgan fingerprint density at radius 1 is 0.875 bits per heavy atom. The summed E-state index contributed by atoms with van der Waals surface area (Å²) in [5.74, 6) is -0.0629. The van der Waals surface area contributed by atoms with Crippen LogP contribution in [0.2, 0.25) is 0 Å². The van der Waals surface area contributed by atoms with E-state index in [0.717, 1.165) is 11.3 Å². The highest BCUT2D eigenvalue weighted by atomic mass is 32.1. The first-order chi connectivity index (χ1) is 15.4. The number of nitro groups is 1. The number of para-hydroxylation sites is 3. The maximum Gasteiger partial charge on any atom is 0.292 e. The fourth-order valence-corrected chi connectivity index (χ4v) is 3.52. The lowest BCUT2D eigenvalue weighted by atomic mass is 10.0. The van der Waals surface area contributed by atoms with Gasteiger partial charge >= 0.3 is 0 Å². The number of nitro benzene ring substituents is 1. The van der Waals surface area contributed by atoms with Crippen molar-refractivity contribution < 1.29 is 9.72 Å². The van der Waals surface area contributed by atoms with Gasteiger partial charge in [0.25, 0.3) is 11.6 Å². The highest BCUT2D eigenvalue weighted by molar-refractivity contribution is 7.80. The van der Waals surface area contributed by atoms with Crippen LogP contribution < -0.4 is 16.0 Å². The number of nitrogens with zero attached hydrogens (tertiary/aromatic N) is 1. The topological polar surface area (TPSA) is 96.3 Å². The van der Waals surface area contributed by atoms with E-state index in [0.29, 0.717) is 5.56 Å². The fraction of sp³-hybridized carbons (Fsp3) is 0.167. The zero-order valence-corrected chi connectivity index (χ0v) is 18.6. The molecule has 8 heteroatoms. The van der Waals surface area contributed by atoms with Crippen LogP contribution in [-0.2, 0) is 4.79 Å². The number of hydrogen-bond donors (Lipinski definition) is 3. The maximum absolute atomic E-state index is 13.3. The molecule has 164 valence electrons. The van der Waals surface area contributed by atoms with Crippen LogP contribution in [0, 0.1) is 10.1 Å². The summed E-state index contributed by atoms with van der Waals surface area (Å²) >= 11 is 5.38. The quantitative estimate of drug-likeness (QED) is 0.255. The zero-order valence-electron chi connectivity index (χ0n) is 17.7. The van der Waals surface area contributed by atoms with E-state index in [-0.39, 0.29) is 28.3 Å². The van der Waals surface area contributed by atoms with Crippen molar-refractivity contribution in [1.82, 2.24) is 5.32 Å². The number of rotatable bonds is 7. The van der Waals surface area contributed by atoms with E-state index in [1.165, 1.54) is 6.07 Å². The van der Waals surface area contributed by atoms with Crippen LogP contribution in [-0.4, -0.2) is 15.9 Å². The summed E-state index contributed by atoms with van der Waals surface area (Å²) in [5.41, 5.74) is 2.59. The summed E-state index contributed by atoms with van der Waals surface area (Å²) in [6, 6.07) is 22.2. The lowest BCUT2D eigenvalue weighted by Crippen LogP contribution is -2.39. The van der Waals surface area contributed by atoms with Crippen molar-refractivity contribution in [3.05, 3.63) is 100 Å². The molecule has 3 aromatic rings. The third-order valence-electron chi connectivity index (χ3n) is 4.86. The molecule has 0 saturated carbocycles. The number of carbonyl (C=O) groups excluding carboxylic acids is 1. The molecule has 32 heavy (non-hydrogen) atoms. The van der Waals surface area contributed by atoms with Gasteiger partial charge in [-0.2, -0.15) is 0 Å². The number of carbonyl (C=O) groups is 1. The SMILES string of the molecule is CC(C)c1ccccc1NC(=O)C(NC(=S)Nc1ccccc1[N+](=O)[O-])c1ccccc1. The lowest BCUT2D eigenvalue weighted by Gasteiger charge is -2.22. The van der Waals surface area contributed by atoms with Crippen molar-refractivity contribution in [2.45, 2.75) is 25.8 Å². The minimum atomic E-state index is -0.806. The van der Waals surface area contributed by atoms with E-state index >= 15 is 0 Å². The summed E-state index contributed by atoms with van der Waals surface area (Å²) in [6.45, 7) is 4.12. The molecule has 0 aromatic heterocycles. The molecule has 3 aromatic carbocycles. The fourth-order valence-electron chi connectivity index (χ4n) is 3.29. The van der Waals surface area contributed by atoms with Gasteiger partial charge in [0.1, 0.15) is 11.7 Å². The van der Waals surface area contributed by atoms with Gasteiger partial charge in [-0.1, -0.05) is 74.5 Å². The molecule has 0 aliphatic carbocycles. The van der Waals surface area contributed by atoms with Crippen molar-refractivity contribution >= 4 is 40.3 Å². The molecule has 0 aliphatic heterocycles. The van der Waals surface area contributed by atoms with Gasteiger partial charge in [-0.05, 0) is 41.4 Å². The maximum atomic E-state index is 13.3. The standard InChI is InChI=1S/C24H24N4O3S/c1-16(2)18-12-6-7-13-19(18)25-23(29)22(17-10-4-3-5-11-17)27-24(32)26-20-14-8-9-15-21(20)28(30)31/h3-16,22H,1-2H3,(H,25,29)(H2,26,27,32). The van der Waals surface area contributed by atoms with Gasteiger partial charge in [0.2, 0.25) is 0 Å². The molecule has 0 fully saturated rings. The smallest absolute Gasteiger partial charge is 0.292 e. The molecule has 0 spiro atoms. The van der Waals surface area contributed by atoms with Crippen molar-refractivity contribution in [2.75, 3.05) is 10.6 Å². The Kier molecular flexibility index (Phi) is 7.51. The Morgan fingerprint density at radius 3 is 2.12 bits per heavy atom. The summed E-state index contributed by atoms with van der Waals surface area (Å²) in [6.07, 6.45) is 0. The van der Waals surface area contributed by atoms with Crippen LogP contribution in [0.15, 0.2) is 78.9 Å². The molecule has 7 nitrogen and oxygen atoms in total. The Morgan fingerprint density at radius 2 is 1.47 bits per heavy atom. The van der Waals surface area contributed by atoms with Crippen LogP contribution in [0.4, 0.5) is 17.1 Å². The Hall–Kier alpha value is -3.78. The molecule has 1 amide bonds. The second-order valence-corrected chi connectivity index (χ2v) is 7.86. The number of thiocarbonyl (C=S) groups is 1. The lowest BCUT2D eigenvalue weighted by molar-refractivity contribution is -0.383. The molecule has 0 heterocycles. The van der Waals surface area contributed by atoms with Crippen LogP contribution >= 0.6 is 12.2 Å². The molecule has 0 saturated heterocycles. The first kappa shape index (κ1) is 22.9. The van der Waals surface area contributed by atoms with Crippen LogP contribution in [0.25, 0.3) is 0 Å². The molecule has 0 bridgehead atoms. The van der Waals surface area contributed by atoms with Crippen molar-refractivity contribution in [3.8, 4) is 0 Å². The van der Waals surface area contributed by atoms with Gasteiger partial charge in [-0.3, -0.25) is 14.9 Å². The Labute approximate surface area is 192 Å². The summed E-state index contributed by atoms with van der Waals surface area (Å²) in [4.78, 5) is 24.1. The third kappa shape index (κ3) is 5.67. The highest BCUT2D eigenvalue weighted by Crippen LogP contribution is 2.26. The van der Waals surface area contributed by atoms with Crippen LogP contribution in [0.1, 0.15) is 36.9 Å². The van der Waals surface area contributed by atoms with Gasteiger partial charge in [0.05, 0.1) is 4.92 Å². The van der Waals surface area contributed by atoms with Crippen molar-refractivity contribution in [1.29, 1.82) is 0 Å². The number of benzene rings is 3. The second-order valence-electron chi connectivity index (χ2n) is 7.45. The predicted molar refractivity (Wildman–Crippen MR) is 131 cm³/mol. The summed E-state index contributed by atoms with van der Waals surface area (Å²) < 4.78 is 0. The third-order valence-corrected chi connectivity index (χ3v) is 5.08. The van der Waals surface area contributed by atoms with Gasteiger partial charge in [-0.15, -0.1) is 0 Å². The van der Waals surface area contributed by atoms with Crippen molar-refractivity contribution in [2.24, 2.45) is 0 Å². The largest absolute Gasteiger partial charge is 0.347 e. The minimum absolute atomic E-state index is 0.0976. The van der Waals surface area contributed by atoms with Gasteiger partial charge in [0, 0.05) is 11.8 Å². The molecule has 3 N–H and O–H groups in total. The molecule has 3 rings (SSSR count). The van der Waals surface area contributed by atoms with E-state index in [1.807, 2.05) is 54.6 Å². The first-order valence-electron chi connectivity index (χ1n) is 10.1. The number of nitrogens with one attached hydrogen (secondary N) is 3. The van der Waals surface area contributed by atoms with E-state index in [9.17, 15) is 14.9 Å². The van der Waals surface area contributed by atoms with E-state index in [4.69, 9.17) is 12.2 Å². The zero-order chi connectivity index (χ0) is 23.1. The van der Waals surface area contributed by atoms with Gasteiger partial charge in [-0.25, -0.2) is 0 Å². The normalized spacial score (nSPS) is 11.5. The van der Waals surface area contributed by atoms with Gasteiger partial charge < -0.3 is 16.0 Å². The van der Waals surface area contributed by atoms with Crippen LogP contribution in [0.3, 0.4) is 0 Å². The molecule has 0 aliphatic rings. The highest BCUT2D eigenvalue weighted by Gasteiger charge is 2.23. The Balaban J connectivity index is 1.84.